The molecule has 1 rings (SSSR count). The summed E-state index contributed by atoms with van der Waals surface area (Å²) in [6, 6.07) is 3.74. The molecule has 0 heterocycles. The van der Waals surface area contributed by atoms with Crippen LogP contribution in [0.15, 0.2) is 18.2 Å². The molecule has 0 aliphatic rings. The average molecular weight is 255 g/mol. The number of ether oxygens (including phenoxy) is 1. The number of carbonyl (C=O) groups excluding carboxylic acids is 1. The third-order valence-electron chi connectivity index (χ3n) is 2.58. The number of amides is 1. The first-order valence-corrected chi connectivity index (χ1v) is 5.17. The van der Waals surface area contributed by atoms with E-state index < -0.39 is 23.2 Å². The highest BCUT2D eigenvalue weighted by Gasteiger charge is 2.36. The number of aliphatic carboxylic acids is 1. The quantitative estimate of drug-likeness (QED) is 0.849. The van der Waals surface area contributed by atoms with Gasteiger partial charge in [-0.3, -0.25) is 4.79 Å². The SMILES string of the molecule is COc1ccc(C(C)(NC(C)=O)C(=O)O)cc1F. The molecule has 0 bridgehead atoms. The zero-order chi connectivity index (χ0) is 13.9. The van der Waals surface area contributed by atoms with Crippen LogP contribution in [0.2, 0.25) is 0 Å². The lowest BCUT2D eigenvalue weighted by Crippen LogP contribution is -2.48. The van der Waals surface area contributed by atoms with Crippen LogP contribution < -0.4 is 10.1 Å². The molecule has 18 heavy (non-hydrogen) atoms. The Kier molecular flexibility index (Phi) is 3.90. The number of hydrogen-bond acceptors (Lipinski definition) is 3. The number of rotatable bonds is 4. The van der Waals surface area contributed by atoms with Gasteiger partial charge in [0.1, 0.15) is 0 Å². The van der Waals surface area contributed by atoms with Crippen LogP contribution in [-0.2, 0) is 15.1 Å². The third-order valence-corrected chi connectivity index (χ3v) is 2.58. The second kappa shape index (κ2) is 5.03. The predicted molar refractivity (Wildman–Crippen MR) is 61.8 cm³/mol. The van der Waals surface area contributed by atoms with E-state index in [0.29, 0.717) is 0 Å². The molecule has 0 spiro atoms. The largest absolute Gasteiger partial charge is 0.494 e. The molecule has 1 amide bonds. The summed E-state index contributed by atoms with van der Waals surface area (Å²) in [4.78, 5) is 22.3. The third kappa shape index (κ3) is 2.58. The van der Waals surface area contributed by atoms with Crippen molar-refractivity contribution in [2.75, 3.05) is 7.11 Å². The lowest BCUT2D eigenvalue weighted by Gasteiger charge is -2.26. The average Bonchev–Trinajstić information content (AvgIpc) is 2.27. The standard InChI is InChI=1S/C12H14FNO4/c1-7(15)14-12(2,11(16)17)8-4-5-10(18-3)9(13)6-8/h4-6H,1-3H3,(H,14,15)(H,16,17). The molecule has 0 saturated heterocycles. The summed E-state index contributed by atoms with van der Waals surface area (Å²) >= 11 is 0. The van der Waals surface area contributed by atoms with Gasteiger partial charge in [0.05, 0.1) is 7.11 Å². The van der Waals surface area contributed by atoms with E-state index in [1.54, 1.807) is 0 Å². The van der Waals surface area contributed by atoms with Crippen LogP contribution in [0.5, 0.6) is 5.75 Å². The highest BCUT2D eigenvalue weighted by molar-refractivity contribution is 5.86. The van der Waals surface area contributed by atoms with Crippen LogP contribution in [-0.4, -0.2) is 24.1 Å². The van der Waals surface area contributed by atoms with E-state index in [2.05, 4.69) is 5.32 Å². The fourth-order valence-corrected chi connectivity index (χ4v) is 1.58. The molecule has 0 aromatic heterocycles. The Hall–Kier alpha value is -2.11. The first-order chi connectivity index (χ1) is 8.31. The zero-order valence-corrected chi connectivity index (χ0v) is 10.3. The number of methoxy groups -OCH3 is 1. The van der Waals surface area contributed by atoms with Crippen molar-refractivity contribution >= 4 is 11.9 Å². The molecule has 1 unspecified atom stereocenters. The van der Waals surface area contributed by atoms with Gasteiger partial charge in [0.15, 0.2) is 17.1 Å². The van der Waals surface area contributed by atoms with Crippen LogP contribution in [0.3, 0.4) is 0 Å². The van der Waals surface area contributed by atoms with Crippen molar-refractivity contribution < 1.29 is 23.8 Å². The summed E-state index contributed by atoms with van der Waals surface area (Å²) in [5.74, 6) is -2.47. The van der Waals surface area contributed by atoms with Gasteiger partial charge in [-0.05, 0) is 24.6 Å². The zero-order valence-electron chi connectivity index (χ0n) is 10.3. The molecule has 1 atom stereocenters. The molecule has 0 saturated carbocycles. The Morgan fingerprint density at radius 2 is 2.06 bits per heavy atom. The molecular formula is C12H14FNO4. The van der Waals surface area contributed by atoms with Crippen molar-refractivity contribution in [3.8, 4) is 5.75 Å². The first kappa shape index (κ1) is 14.0. The maximum Gasteiger partial charge on any atom is 0.333 e. The summed E-state index contributed by atoms with van der Waals surface area (Å²) in [5.41, 5.74) is -1.55. The molecule has 0 radical (unpaired) electrons. The van der Waals surface area contributed by atoms with Crippen molar-refractivity contribution in [1.29, 1.82) is 0 Å². The highest BCUT2D eigenvalue weighted by atomic mass is 19.1. The normalized spacial score (nSPS) is 13.6. The first-order valence-electron chi connectivity index (χ1n) is 5.17. The minimum atomic E-state index is -1.68. The number of carbonyl (C=O) groups is 2. The predicted octanol–water partition coefficient (Wildman–Crippen LogP) is 1.27. The molecule has 98 valence electrons. The molecular weight excluding hydrogens is 241 g/mol. The van der Waals surface area contributed by atoms with Gasteiger partial charge in [-0.15, -0.1) is 0 Å². The van der Waals surface area contributed by atoms with Gasteiger partial charge >= 0.3 is 5.97 Å². The number of halogens is 1. The van der Waals surface area contributed by atoms with Gasteiger partial charge in [-0.2, -0.15) is 0 Å². The number of carboxylic acids is 1. The van der Waals surface area contributed by atoms with Gasteiger partial charge in [0, 0.05) is 6.92 Å². The fraction of sp³-hybridized carbons (Fsp3) is 0.333. The van der Waals surface area contributed by atoms with E-state index >= 15 is 0 Å². The topological polar surface area (TPSA) is 75.6 Å². The van der Waals surface area contributed by atoms with Crippen molar-refractivity contribution in [2.45, 2.75) is 19.4 Å². The Labute approximate surface area is 104 Å². The smallest absolute Gasteiger partial charge is 0.333 e. The summed E-state index contributed by atoms with van der Waals surface area (Å²) in [6.45, 7) is 2.49. The molecule has 5 nitrogen and oxygen atoms in total. The minimum Gasteiger partial charge on any atom is -0.494 e. The summed E-state index contributed by atoms with van der Waals surface area (Å²) in [7, 11) is 1.31. The summed E-state index contributed by atoms with van der Waals surface area (Å²) in [5, 5.41) is 11.5. The maximum atomic E-state index is 13.6. The van der Waals surface area contributed by atoms with Crippen LogP contribution in [0, 0.1) is 5.82 Å². The van der Waals surface area contributed by atoms with Gasteiger partial charge in [-0.25, -0.2) is 9.18 Å². The molecule has 0 aliphatic heterocycles. The van der Waals surface area contributed by atoms with Gasteiger partial charge in [-0.1, -0.05) is 6.07 Å². The Morgan fingerprint density at radius 3 is 2.44 bits per heavy atom. The second-order valence-corrected chi connectivity index (χ2v) is 3.96. The van der Waals surface area contributed by atoms with Crippen molar-refractivity contribution in [3.05, 3.63) is 29.6 Å². The van der Waals surface area contributed by atoms with E-state index in [0.717, 1.165) is 6.07 Å². The van der Waals surface area contributed by atoms with Crippen LogP contribution >= 0.6 is 0 Å². The maximum absolute atomic E-state index is 13.6. The highest BCUT2D eigenvalue weighted by Crippen LogP contribution is 2.26. The van der Waals surface area contributed by atoms with E-state index in [1.165, 1.54) is 33.1 Å². The van der Waals surface area contributed by atoms with Crippen LogP contribution in [0.1, 0.15) is 19.4 Å². The molecule has 0 fully saturated rings. The van der Waals surface area contributed by atoms with E-state index in [1.807, 2.05) is 0 Å². The molecule has 0 aliphatic carbocycles. The van der Waals surface area contributed by atoms with Gasteiger partial charge < -0.3 is 15.2 Å². The summed E-state index contributed by atoms with van der Waals surface area (Å²) < 4.78 is 18.3. The van der Waals surface area contributed by atoms with E-state index in [4.69, 9.17) is 4.74 Å². The van der Waals surface area contributed by atoms with Gasteiger partial charge in [0.2, 0.25) is 5.91 Å². The Morgan fingerprint density at radius 1 is 1.44 bits per heavy atom. The lowest BCUT2D eigenvalue weighted by molar-refractivity contribution is -0.147. The Bertz CT molecular complexity index is 489. The number of nitrogens with one attached hydrogen (secondary N) is 1. The van der Waals surface area contributed by atoms with Crippen molar-refractivity contribution in [1.82, 2.24) is 5.32 Å². The van der Waals surface area contributed by atoms with Gasteiger partial charge in [0.25, 0.3) is 0 Å². The Balaban J connectivity index is 3.26. The second-order valence-electron chi connectivity index (χ2n) is 3.96. The molecule has 2 N–H and O–H groups in total. The number of carboxylic acid groups (broad SMARTS) is 1. The van der Waals surface area contributed by atoms with E-state index in [9.17, 15) is 19.1 Å². The molecule has 1 aromatic carbocycles. The van der Waals surface area contributed by atoms with Crippen LogP contribution in [0.4, 0.5) is 4.39 Å². The molecule has 1 aromatic rings. The number of benzene rings is 1. The fourth-order valence-electron chi connectivity index (χ4n) is 1.58. The minimum absolute atomic E-state index is 0.00862. The van der Waals surface area contributed by atoms with E-state index in [-0.39, 0.29) is 11.3 Å². The van der Waals surface area contributed by atoms with Crippen LogP contribution in [0.25, 0.3) is 0 Å². The lowest BCUT2D eigenvalue weighted by atomic mass is 9.91. The summed E-state index contributed by atoms with van der Waals surface area (Å²) in [6.07, 6.45) is 0. The monoisotopic (exact) mass is 255 g/mol. The molecule has 6 heteroatoms. The number of hydrogen-bond donors (Lipinski definition) is 2. The van der Waals surface area contributed by atoms with Crippen molar-refractivity contribution in [3.63, 3.8) is 0 Å². The van der Waals surface area contributed by atoms with Crippen molar-refractivity contribution in [2.24, 2.45) is 0 Å².